The van der Waals surface area contributed by atoms with Crippen LogP contribution in [0.3, 0.4) is 0 Å². The second kappa shape index (κ2) is 6.80. The van der Waals surface area contributed by atoms with Gasteiger partial charge in [-0.15, -0.1) is 0 Å². The molecule has 1 aromatic heterocycles. The first-order chi connectivity index (χ1) is 11.8. The van der Waals surface area contributed by atoms with Crippen LogP contribution in [0.15, 0.2) is 47.4 Å². The van der Waals surface area contributed by atoms with E-state index in [4.69, 9.17) is 23.2 Å². The van der Waals surface area contributed by atoms with E-state index < -0.39 is 15.8 Å². The Bertz CT molecular complexity index is 1050. The van der Waals surface area contributed by atoms with Crippen LogP contribution in [0.5, 0.6) is 5.75 Å². The fourth-order valence-corrected chi connectivity index (χ4v) is 3.96. The SMILES string of the molecule is Cc1ccc2c(Cl)cc(S(=O)(=O)NCc3ccc(Cl)cc3)c(O)c2n1. The van der Waals surface area contributed by atoms with Gasteiger partial charge >= 0.3 is 0 Å². The average molecular weight is 397 g/mol. The lowest BCUT2D eigenvalue weighted by Crippen LogP contribution is -2.23. The number of phenolic OH excluding ortho intramolecular Hbond substituents is 1. The van der Waals surface area contributed by atoms with Crippen LogP contribution in [-0.4, -0.2) is 18.5 Å². The van der Waals surface area contributed by atoms with E-state index in [0.29, 0.717) is 16.1 Å². The van der Waals surface area contributed by atoms with Crippen LogP contribution in [0.25, 0.3) is 10.9 Å². The largest absolute Gasteiger partial charge is 0.504 e. The fraction of sp³-hybridized carbons (Fsp3) is 0.118. The van der Waals surface area contributed by atoms with Crippen LogP contribution < -0.4 is 4.72 Å². The molecule has 0 atom stereocenters. The Kier molecular flexibility index (Phi) is 4.88. The number of nitrogens with zero attached hydrogens (tertiary/aromatic N) is 1. The molecule has 0 amide bonds. The zero-order chi connectivity index (χ0) is 18.2. The number of aromatic hydroxyl groups is 1. The Morgan fingerprint density at radius 1 is 1.12 bits per heavy atom. The maximum Gasteiger partial charge on any atom is 0.244 e. The van der Waals surface area contributed by atoms with Crippen molar-refractivity contribution in [1.29, 1.82) is 0 Å². The molecule has 3 rings (SSSR count). The molecule has 25 heavy (non-hydrogen) atoms. The summed E-state index contributed by atoms with van der Waals surface area (Å²) >= 11 is 12.0. The highest BCUT2D eigenvalue weighted by Gasteiger charge is 2.23. The molecule has 8 heteroatoms. The molecule has 1 heterocycles. The van der Waals surface area contributed by atoms with Crippen molar-refractivity contribution in [3.8, 4) is 5.75 Å². The lowest BCUT2D eigenvalue weighted by Gasteiger charge is -2.12. The molecule has 3 aromatic rings. The molecule has 0 saturated carbocycles. The van der Waals surface area contributed by atoms with Gasteiger partial charge in [0.15, 0.2) is 5.75 Å². The minimum absolute atomic E-state index is 0.0514. The minimum atomic E-state index is -3.98. The van der Waals surface area contributed by atoms with E-state index >= 15 is 0 Å². The van der Waals surface area contributed by atoms with Gasteiger partial charge < -0.3 is 5.11 Å². The van der Waals surface area contributed by atoms with Crippen molar-refractivity contribution in [3.63, 3.8) is 0 Å². The van der Waals surface area contributed by atoms with Gasteiger partial charge in [-0.3, -0.25) is 0 Å². The van der Waals surface area contributed by atoms with Gasteiger partial charge in [-0.25, -0.2) is 18.1 Å². The lowest BCUT2D eigenvalue weighted by molar-refractivity contribution is 0.463. The second-order valence-corrected chi connectivity index (χ2v) is 8.08. The summed E-state index contributed by atoms with van der Waals surface area (Å²) in [5.41, 5.74) is 1.52. The quantitative estimate of drug-likeness (QED) is 0.697. The first kappa shape index (κ1) is 17.9. The zero-order valence-corrected chi connectivity index (χ0v) is 15.5. The molecule has 5 nitrogen and oxygen atoms in total. The van der Waals surface area contributed by atoms with Crippen molar-refractivity contribution in [1.82, 2.24) is 9.71 Å². The highest BCUT2D eigenvalue weighted by Crippen LogP contribution is 2.35. The van der Waals surface area contributed by atoms with Gasteiger partial charge in [0.2, 0.25) is 10.0 Å². The maximum atomic E-state index is 12.6. The Morgan fingerprint density at radius 3 is 2.48 bits per heavy atom. The highest BCUT2D eigenvalue weighted by molar-refractivity contribution is 7.89. The highest BCUT2D eigenvalue weighted by atomic mass is 35.5. The van der Waals surface area contributed by atoms with E-state index in [0.717, 1.165) is 5.56 Å². The molecule has 0 bridgehead atoms. The molecule has 0 aliphatic rings. The summed E-state index contributed by atoms with van der Waals surface area (Å²) in [5.74, 6) is -0.424. The van der Waals surface area contributed by atoms with Crippen LogP contribution in [0.1, 0.15) is 11.3 Å². The van der Waals surface area contributed by atoms with Crippen LogP contribution >= 0.6 is 23.2 Å². The number of hydrogen-bond acceptors (Lipinski definition) is 4. The predicted octanol–water partition coefficient (Wildman–Crippen LogP) is 4.03. The summed E-state index contributed by atoms with van der Waals surface area (Å²) in [5, 5.41) is 11.7. The summed E-state index contributed by atoms with van der Waals surface area (Å²) in [7, 11) is -3.98. The van der Waals surface area contributed by atoms with Crippen LogP contribution in [-0.2, 0) is 16.6 Å². The number of pyridine rings is 1. The zero-order valence-electron chi connectivity index (χ0n) is 13.1. The summed E-state index contributed by atoms with van der Waals surface area (Å²) in [6.45, 7) is 1.79. The van der Waals surface area contributed by atoms with E-state index in [1.165, 1.54) is 6.07 Å². The molecular weight excluding hydrogens is 383 g/mol. The predicted molar refractivity (Wildman–Crippen MR) is 98.6 cm³/mol. The summed E-state index contributed by atoms with van der Waals surface area (Å²) in [6.07, 6.45) is 0. The Balaban J connectivity index is 1.99. The molecule has 0 aliphatic carbocycles. The van der Waals surface area contributed by atoms with Crippen molar-refractivity contribution in [2.75, 3.05) is 0 Å². The summed E-state index contributed by atoms with van der Waals surface area (Å²) < 4.78 is 27.6. The number of rotatable bonds is 4. The topological polar surface area (TPSA) is 79.3 Å². The first-order valence-electron chi connectivity index (χ1n) is 7.31. The Morgan fingerprint density at radius 2 is 1.80 bits per heavy atom. The van der Waals surface area contributed by atoms with Gasteiger partial charge in [0.05, 0.1) is 5.02 Å². The third-order valence-electron chi connectivity index (χ3n) is 3.68. The summed E-state index contributed by atoms with van der Waals surface area (Å²) in [4.78, 5) is 3.89. The number of phenols is 1. The summed E-state index contributed by atoms with van der Waals surface area (Å²) in [6, 6.07) is 11.4. The minimum Gasteiger partial charge on any atom is -0.504 e. The number of aromatic nitrogens is 1. The number of hydrogen-bond donors (Lipinski definition) is 2. The smallest absolute Gasteiger partial charge is 0.244 e. The number of aryl methyl sites for hydroxylation is 1. The maximum absolute atomic E-state index is 12.6. The van der Waals surface area contributed by atoms with Crippen LogP contribution in [0, 0.1) is 6.92 Å². The first-order valence-corrected chi connectivity index (χ1v) is 9.55. The number of fused-ring (bicyclic) bond motifs is 1. The van der Waals surface area contributed by atoms with Gasteiger partial charge in [0.1, 0.15) is 10.4 Å². The van der Waals surface area contributed by atoms with Crippen molar-refractivity contribution in [3.05, 3.63) is 63.8 Å². The molecular formula is C17H14Cl2N2O3S. The Labute approximate surface area is 155 Å². The average Bonchev–Trinajstić information content (AvgIpc) is 2.57. The van der Waals surface area contributed by atoms with Gasteiger partial charge in [0, 0.05) is 22.6 Å². The van der Waals surface area contributed by atoms with Crippen LogP contribution in [0.4, 0.5) is 0 Å². The molecule has 2 N–H and O–H groups in total. The number of sulfonamides is 1. The van der Waals surface area contributed by atoms with Crippen molar-refractivity contribution >= 4 is 44.1 Å². The van der Waals surface area contributed by atoms with Gasteiger partial charge in [-0.1, -0.05) is 35.3 Å². The molecule has 0 spiro atoms. The van der Waals surface area contributed by atoms with E-state index in [1.54, 1.807) is 43.3 Å². The number of benzene rings is 2. The fourth-order valence-electron chi connectivity index (χ4n) is 2.37. The molecule has 130 valence electrons. The van der Waals surface area contributed by atoms with E-state index in [9.17, 15) is 13.5 Å². The Hall–Kier alpha value is -1.86. The number of nitrogens with one attached hydrogen (secondary N) is 1. The number of halogens is 2. The molecule has 0 aliphatic heterocycles. The van der Waals surface area contributed by atoms with Crippen molar-refractivity contribution in [2.45, 2.75) is 18.4 Å². The second-order valence-electron chi connectivity index (χ2n) is 5.50. The van der Waals surface area contributed by atoms with Crippen molar-refractivity contribution < 1.29 is 13.5 Å². The molecule has 2 aromatic carbocycles. The normalized spacial score (nSPS) is 11.8. The monoisotopic (exact) mass is 396 g/mol. The molecule has 0 unspecified atom stereocenters. The van der Waals surface area contributed by atoms with E-state index in [1.807, 2.05) is 0 Å². The molecule has 0 radical (unpaired) electrons. The van der Waals surface area contributed by atoms with Gasteiger partial charge in [0.25, 0.3) is 0 Å². The van der Waals surface area contributed by atoms with E-state index in [2.05, 4.69) is 9.71 Å². The van der Waals surface area contributed by atoms with E-state index in [-0.39, 0.29) is 22.0 Å². The van der Waals surface area contributed by atoms with Gasteiger partial charge in [-0.2, -0.15) is 0 Å². The third-order valence-corrected chi connectivity index (χ3v) is 5.66. The molecule has 0 fully saturated rings. The molecule has 0 saturated heterocycles. The third kappa shape index (κ3) is 3.72. The lowest BCUT2D eigenvalue weighted by atomic mass is 10.2. The van der Waals surface area contributed by atoms with Gasteiger partial charge in [-0.05, 0) is 42.8 Å². The standard InChI is InChI=1S/C17H14Cl2N2O3S/c1-10-2-7-13-14(19)8-15(17(22)16(13)21-10)25(23,24)20-9-11-3-5-12(18)6-4-11/h2-8,20,22H,9H2,1H3. The van der Waals surface area contributed by atoms with Crippen LogP contribution in [0.2, 0.25) is 10.0 Å². The van der Waals surface area contributed by atoms with Crippen molar-refractivity contribution in [2.24, 2.45) is 0 Å².